The SMILES string of the molecule is CCCOc1ncccc1CNC(=NC)NC1CCN(Cc2cc(OC)cc(OC)c2)C1. The van der Waals surface area contributed by atoms with Gasteiger partial charge in [0.05, 0.1) is 20.8 Å². The number of methoxy groups -OCH3 is 2. The van der Waals surface area contributed by atoms with Crippen molar-refractivity contribution in [2.75, 3.05) is 41.0 Å². The van der Waals surface area contributed by atoms with Crippen LogP contribution in [0.4, 0.5) is 0 Å². The predicted octanol–water partition coefficient (Wildman–Crippen LogP) is 2.83. The second-order valence-electron chi connectivity index (χ2n) is 7.83. The fourth-order valence-electron chi connectivity index (χ4n) is 3.76. The van der Waals surface area contributed by atoms with E-state index in [9.17, 15) is 0 Å². The van der Waals surface area contributed by atoms with Crippen LogP contribution in [0.15, 0.2) is 41.5 Å². The first-order valence-corrected chi connectivity index (χ1v) is 11.1. The van der Waals surface area contributed by atoms with Gasteiger partial charge in [0.1, 0.15) is 11.5 Å². The standard InChI is InChI=1S/C24H35N5O3/c1-5-11-32-23-19(7-6-9-26-23)15-27-24(25-2)28-20-8-10-29(17-20)16-18-12-21(30-3)14-22(13-18)31-4/h6-7,9,12-14,20H,5,8,10-11,15-17H2,1-4H3,(H2,25,27,28). The van der Waals surface area contributed by atoms with E-state index >= 15 is 0 Å². The lowest BCUT2D eigenvalue weighted by Crippen LogP contribution is -2.44. The Morgan fingerprint density at radius 1 is 1.22 bits per heavy atom. The molecule has 8 nitrogen and oxygen atoms in total. The molecule has 0 spiro atoms. The van der Waals surface area contributed by atoms with E-state index in [1.807, 2.05) is 18.2 Å². The second-order valence-corrected chi connectivity index (χ2v) is 7.83. The van der Waals surface area contributed by atoms with Gasteiger partial charge in [-0.2, -0.15) is 0 Å². The fourth-order valence-corrected chi connectivity index (χ4v) is 3.76. The molecule has 0 saturated carbocycles. The van der Waals surface area contributed by atoms with E-state index in [-0.39, 0.29) is 0 Å². The summed E-state index contributed by atoms with van der Waals surface area (Å²) in [6.45, 7) is 6.17. The van der Waals surface area contributed by atoms with Crippen LogP contribution >= 0.6 is 0 Å². The van der Waals surface area contributed by atoms with E-state index in [1.165, 1.54) is 5.56 Å². The van der Waals surface area contributed by atoms with Gasteiger partial charge in [-0.3, -0.25) is 9.89 Å². The quantitative estimate of drug-likeness (QED) is 0.433. The number of aromatic nitrogens is 1. The number of nitrogens with one attached hydrogen (secondary N) is 2. The van der Waals surface area contributed by atoms with Crippen LogP contribution < -0.4 is 24.8 Å². The summed E-state index contributed by atoms with van der Waals surface area (Å²) < 4.78 is 16.5. The van der Waals surface area contributed by atoms with Crippen molar-refractivity contribution in [3.05, 3.63) is 47.7 Å². The molecule has 8 heteroatoms. The normalized spacial score (nSPS) is 16.6. The zero-order chi connectivity index (χ0) is 22.8. The van der Waals surface area contributed by atoms with Crippen molar-refractivity contribution in [2.45, 2.75) is 38.9 Å². The minimum atomic E-state index is 0.332. The first kappa shape index (κ1) is 23.7. The number of hydrogen-bond donors (Lipinski definition) is 2. The van der Waals surface area contributed by atoms with Crippen LogP contribution in [0, 0.1) is 0 Å². The third-order valence-electron chi connectivity index (χ3n) is 5.39. The fraction of sp³-hybridized carbons (Fsp3) is 0.500. The summed E-state index contributed by atoms with van der Waals surface area (Å²) in [6, 6.07) is 10.3. The minimum absolute atomic E-state index is 0.332. The number of guanidine groups is 1. The molecule has 0 amide bonds. The average molecular weight is 442 g/mol. The van der Waals surface area contributed by atoms with Crippen molar-refractivity contribution < 1.29 is 14.2 Å². The smallest absolute Gasteiger partial charge is 0.218 e. The Morgan fingerprint density at radius 3 is 2.69 bits per heavy atom. The number of ether oxygens (including phenoxy) is 3. The van der Waals surface area contributed by atoms with Crippen molar-refractivity contribution in [3.63, 3.8) is 0 Å². The second kappa shape index (κ2) is 12.1. The minimum Gasteiger partial charge on any atom is -0.497 e. The highest BCUT2D eigenvalue weighted by molar-refractivity contribution is 5.80. The zero-order valence-corrected chi connectivity index (χ0v) is 19.6. The Kier molecular flexibility index (Phi) is 8.98. The Bertz CT molecular complexity index is 867. The lowest BCUT2D eigenvalue weighted by atomic mass is 10.2. The topological polar surface area (TPSA) is 80.2 Å². The molecular formula is C24H35N5O3. The summed E-state index contributed by atoms with van der Waals surface area (Å²) >= 11 is 0. The maximum Gasteiger partial charge on any atom is 0.218 e. The van der Waals surface area contributed by atoms with Gasteiger partial charge in [0.2, 0.25) is 5.88 Å². The van der Waals surface area contributed by atoms with Crippen molar-refractivity contribution in [1.82, 2.24) is 20.5 Å². The van der Waals surface area contributed by atoms with Crippen LogP contribution in [0.2, 0.25) is 0 Å². The maximum absolute atomic E-state index is 5.75. The molecule has 0 bridgehead atoms. The van der Waals surface area contributed by atoms with E-state index in [1.54, 1.807) is 27.5 Å². The predicted molar refractivity (Wildman–Crippen MR) is 127 cm³/mol. The van der Waals surface area contributed by atoms with E-state index in [0.717, 1.165) is 55.5 Å². The van der Waals surface area contributed by atoms with E-state index in [0.29, 0.717) is 25.1 Å². The molecule has 1 aromatic heterocycles. The summed E-state index contributed by atoms with van der Waals surface area (Å²) in [4.78, 5) is 11.2. The Labute approximate surface area is 191 Å². The Hall–Kier alpha value is -3.00. The van der Waals surface area contributed by atoms with E-state index in [2.05, 4.69) is 44.6 Å². The van der Waals surface area contributed by atoms with Gasteiger partial charge in [0.15, 0.2) is 5.96 Å². The number of benzene rings is 1. The molecule has 0 radical (unpaired) electrons. The van der Waals surface area contributed by atoms with Crippen LogP contribution in [0.25, 0.3) is 0 Å². The molecular weight excluding hydrogens is 406 g/mol. The molecule has 1 aliphatic heterocycles. The summed E-state index contributed by atoms with van der Waals surface area (Å²) in [5.74, 6) is 3.09. The molecule has 0 aliphatic carbocycles. The summed E-state index contributed by atoms with van der Waals surface area (Å²) in [5, 5.41) is 6.94. The van der Waals surface area contributed by atoms with Gasteiger partial charge in [-0.05, 0) is 36.6 Å². The van der Waals surface area contributed by atoms with Gasteiger partial charge in [0, 0.05) is 57.1 Å². The molecule has 1 fully saturated rings. The summed E-state index contributed by atoms with van der Waals surface area (Å²) in [5.41, 5.74) is 2.20. The third kappa shape index (κ3) is 6.75. The van der Waals surface area contributed by atoms with Crippen LogP contribution in [-0.4, -0.2) is 62.8 Å². The van der Waals surface area contributed by atoms with E-state index < -0.39 is 0 Å². The summed E-state index contributed by atoms with van der Waals surface area (Å²) in [7, 11) is 5.15. The molecule has 1 saturated heterocycles. The number of aliphatic imine (C=N–C) groups is 1. The van der Waals surface area contributed by atoms with Crippen molar-refractivity contribution in [1.29, 1.82) is 0 Å². The van der Waals surface area contributed by atoms with Gasteiger partial charge in [-0.1, -0.05) is 13.0 Å². The number of likely N-dealkylation sites (tertiary alicyclic amines) is 1. The van der Waals surface area contributed by atoms with Crippen LogP contribution in [0.1, 0.15) is 30.9 Å². The number of rotatable bonds is 10. The lowest BCUT2D eigenvalue weighted by molar-refractivity contribution is 0.301. The van der Waals surface area contributed by atoms with Crippen molar-refractivity contribution in [2.24, 2.45) is 4.99 Å². The van der Waals surface area contributed by atoms with Crippen LogP contribution in [-0.2, 0) is 13.1 Å². The largest absolute Gasteiger partial charge is 0.497 e. The molecule has 2 heterocycles. The number of nitrogens with zero attached hydrogens (tertiary/aromatic N) is 3. The van der Waals surface area contributed by atoms with Crippen LogP contribution in [0.5, 0.6) is 17.4 Å². The first-order valence-electron chi connectivity index (χ1n) is 11.1. The molecule has 2 aromatic rings. The van der Waals surface area contributed by atoms with Crippen molar-refractivity contribution >= 4 is 5.96 Å². The molecule has 2 N–H and O–H groups in total. The molecule has 174 valence electrons. The summed E-state index contributed by atoms with van der Waals surface area (Å²) in [6.07, 6.45) is 3.76. The van der Waals surface area contributed by atoms with Gasteiger partial charge >= 0.3 is 0 Å². The highest BCUT2D eigenvalue weighted by Crippen LogP contribution is 2.24. The van der Waals surface area contributed by atoms with Crippen molar-refractivity contribution in [3.8, 4) is 17.4 Å². The average Bonchev–Trinajstić information content (AvgIpc) is 3.27. The van der Waals surface area contributed by atoms with Gasteiger partial charge < -0.3 is 24.8 Å². The van der Waals surface area contributed by atoms with Gasteiger partial charge in [-0.15, -0.1) is 0 Å². The number of hydrogen-bond acceptors (Lipinski definition) is 6. The highest BCUT2D eigenvalue weighted by atomic mass is 16.5. The van der Waals surface area contributed by atoms with Gasteiger partial charge in [-0.25, -0.2) is 4.98 Å². The molecule has 1 unspecified atom stereocenters. The zero-order valence-electron chi connectivity index (χ0n) is 19.6. The van der Waals surface area contributed by atoms with Crippen LogP contribution in [0.3, 0.4) is 0 Å². The molecule has 32 heavy (non-hydrogen) atoms. The molecule has 3 rings (SSSR count). The van der Waals surface area contributed by atoms with E-state index in [4.69, 9.17) is 14.2 Å². The first-order chi connectivity index (χ1) is 15.6. The van der Waals surface area contributed by atoms with Gasteiger partial charge in [0.25, 0.3) is 0 Å². The molecule has 1 aliphatic rings. The Morgan fingerprint density at radius 2 is 2.00 bits per heavy atom. The third-order valence-corrected chi connectivity index (χ3v) is 5.39. The Balaban J connectivity index is 1.51. The lowest BCUT2D eigenvalue weighted by Gasteiger charge is -2.20. The molecule has 1 atom stereocenters. The monoisotopic (exact) mass is 441 g/mol. The number of pyridine rings is 1. The highest BCUT2D eigenvalue weighted by Gasteiger charge is 2.23. The maximum atomic E-state index is 5.75. The molecule has 1 aromatic carbocycles.